The average molecular weight is 346 g/mol. The van der Waals surface area contributed by atoms with Crippen LogP contribution < -0.4 is 15.8 Å². The smallest absolute Gasteiger partial charge is 0.412 e. The number of nitrogens with one attached hydrogen (secondary N) is 1. The molecule has 0 unspecified atom stereocenters. The van der Waals surface area contributed by atoms with Crippen LogP contribution in [0.4, 0.5) is 20.6 Å². The van der Waals surface area contributed by atoms with Crippen LogP contribution in [-0.2, 0) is 4.74 Å². The first-order chi connectivity index (χ1) is 11.6. The van der Waals surface area contributed by atoms with Gasteiger partial charge in [0.25, 0.3) is 0 Å². The first-order valence-corrected chi connectivity index (χ1v) is 7.85. The van der Waals surface area contributed by atoms with Gasteiger partial charge in [0, 0.05) is 11.6 Å². The van der Waals surface area contributed by atoms with Crippen LogP contribution in [0.25, 0.3) is 11.1 Å². The van der Waals surface area contributed by atoms with Gasteiger partial charge in [-0.1, -0.05) is 6.07 Å². The molecule has 0 fully saturated rings. The number of carbonyl (C=O) groups is 1. The van der Waals surface area contributed by atoms with Crippen molar-refractivity contribution in [2.24, 2.45) is 0 Å². The second kappa shape index (κ2) is 7.01. The van der Waals surface area contributed by atoms with Gasteiger partial charge < -0.3 is 15.2 Å². The van der Waals surface area contributed by atoms with Crippen LogP contribution in [0.3, 0.4) is 0 Å². The van der Waals surface area contributed by atoms with Crippen molar-refractivity contribution in [2.45, 2.75) is 33.3 Å². The molecule has 1 amide bonds. The normalized spacial score (nSPS) is 11.1. The lowest BCUT2D eigenvalue weighted by Gasteiger charge is -2.21. The summed E-state index contributed by atoms with van der Waals surface area (Å²) in [6.07, 6.45) is -0.605. The number of hydrogen-bond acceptors (Lipinski definition) is 4. The fourth-order valence-electron chi connectivity index (χ4n) is 2.43. The number of hydrogen-bond donors (Lipinski definition) is 2. The Hall–Kier alpha value is -2.76. The lowest BCUT2D eigenvalue weighted by molar-refractivity contribution is 0.0636. The number of methoxy groups -OCH3 is 1. The molecule has 0 aliphatic carbocycles. The molecular formula is C19H23FN2O3. The van der Waals surface area contributed by atoms with E-state index in [4.69, 9.17) is 15.2 Å². The van der Waals surface area contributed by atoms with Crippen molar-refractivity contribution in [1.82, 2.24) is 0 Å². The van der Waals surface area contributed by atoms with Gasteiger partial charge in [-0.3, -0.25) is 5.32 Å². The van der Waals surface area contributed by atoms with Crippen molar-refractivity contribution in [2.75, 3.05) is 18.2 Å². The third-order valence-corrected chi connectivity index (χ3v) is 3.49. The van der Waals surface area contributed by atoms with Crippen LogP contribution in [0.15, 0.2) is 30.3 Å². The van der Waals surface area contributed by atoms with Gasteiger partial charge in [0.2, 0.25) is 0 Å². The molecule has 0 aliphatic heterocycles. The first-order valence-electron chi connectivity index (χ1n) is 7.85. The lowest BCUT2D eigenvalue weighted by Crippen LogP contribution is -2.27. The average Bonchev–Trinajstić information content (AvgIpc) is 2.47. The Balaban J connectivity index is 2.40. The number of amides is 1. The molecule has 2 aromatic carbocycles. The summed E-state index contributed by atoms with van der Waals surface area (Å²) in [5, 5.41) is 2.62. The zero-order chi connectivity index (χ0) is 18.8. The van der Waals surface area contributed by atoms with Crippen molar-refractivity contribution in [1.29, 1.82) is 0 Å². The lowest BCUT2D eigenvalue weighted by atomic mass is 9.98. The summed E-state index contributed by atoms with van der Waals surface area (Å²) in [5.74, 6) is 0.200. The van der Waals surface area contributed by atoms with Gasteiger partial charge in [0.15, 0.2) is 0 Å². The van der Waals surface area contributed by atoms with Gasteiger partial charge in [-0.05, 0) is 57.0 Å². The van der Waals surface area contributed by atoms with Crippen molar-refractivity contribution in [3.63, 3.8) is 0 Å². The molecule has 0 heterocycles. The summed E-state index contributed by atoms with van der Waals surface area (Å²) in [4.78, 5) is 12.0. The summed E-state index contributed by atoms with van der Waals surface area (Å²) < 4.78 is 24.0. The monoisotopic (exact) mass is 346 g/mol. The molecule has 3 N–H and O–H groups in total. The number of halogens is 1. The van der Waals surface area contributed by atoms with E-state index in [9.17, 15) is 9.18 Å². The molecule has 6 heteroatoms. The van der Waals surface area contributed by atoms with Gasteiger partial charge in [-0.25, -0.2) is 9.18 Å². The molecule has 0 aromatic heterocycles. The van der Waals surface area contributed by atoms with E-state index in [2.05, 4.69) is 5.32 Å². The summed E-state index contributed by atoms with van der Waals surface area (Å²) in [7, 11) is 1.52. The molecule has 2 rings (SSSR count). The predicted molar refractivity (Wildman–Crippen MR) is 97.4 cm³/mol. The SMILES string of the molecule is COc1cc(NC(=O)OC(C)(C)C)c(N)cc1-c1ccc(F)cc1C. The maximum Gasteiger partial charge on any atom is 0.412 e. The summed E-state index contributed by atoms with van der Waals surface area (Å²) in [6, 6.07) is 7.80. The molecule has 0 radical (unpaired) electrons. The molecule has 0 saturated carbocycles. The summed E-state index contributed by atoms with van der Waals surface area (Å²) in [6.45, 7) is 7.13. The Kier molecular flexibility index (Phi) is 5.21. The Morgan fingerprint density at radius 1 is 1.16 bits per heavy atom. The number of nitrogen functional groups attached to an aromatic ring is 1. The zero-order valence-corrected chi connectivity index (χ0v) is 15.1. The van der Waals surface area contributed by atoms with E-state index in [-0.39, 0.29) is 5.82 Å². The van der Waals surface area contributed by atoms with Crippen LogP contribution >= 0.6 is 0 Å². The van der Waals surface area contributed by atoms with Crippen molar-refractivity contribution < 1.29 is 18.7 Å². The number of anilines is 2. The Morgan fingerprint density at radius 2 is 1.84 bits per heavy atom. The number of nitrogens with two attached hydrogens (primary N) is 1. The van der Waals surface area contributed by atoms with Gasteiger partial charge in [0.05, 0.1) is 18.5 Å². The van der Waals surface area contributed by atoms with Crippen molar-refractivity contribution in [3.05, 3.63) is 41.7 Å². The van der Waals surface area contributed by atoms with Crippen LogP contribution in [0.1, 0.15) is 26.3 Å². The first kappa shape index (κ1) is 18.6. The predicted octanol–water partition coefficient (Wildman–Crippen LogP) is 4.74. The van der Waals surface area contributed by atoms with Crippen LogP contribution in [0, 0.1) is 12.7 Å². The van der Waals surface area contributed by atoms with E-state index >= 15 is 0 Å². The molecule has 5 nitrogen and oxygen atoms in total. The van der Waals surface area contributed by atoms with Crippen LogP contribution in [0.2, 0.25) is 0 Å². The minimum atomic E-state index is -0.617. The maximum absolute atomic E-state index is 13.4. The Morgan fingerprint density at radius 3 is 2.40 bits per heavy atom. The molecule has 25 heavy (non-hydrogen) atoms. The highest BCUT2D eigenvalue weighted by molar-refractivity contribution is 5.92. The highest BCUT2D eigenvalue weighted by Crippen LogP contribution is 2.38. The Labute approximate surface area is 146 Å². The summed E-state index contributed by atoms with van der Waals surface area (Å²) >= 11 is 0. The van der Waals surface area contributed by atoms with Crippen LogP contribution in [0.5, 0.6) is 5.75 Å². The molecule has 0 saturated heterocycles. The summed E-state index contributed by atoms with van der Waals surface area (Å²) in [5.41, 5.74) is 8.46. The van der Waals surface area contributed by atoms with E-state index in [1.54, 1.807) is 45.9 Å². The highest BCUT2D eigenvalue weighted by atomic mass is 19.1. The molecular weight excluding hydrogens is 323 g/mol. The van der Waals surface area contributed by atoms with E-state index in [0.717, 1.165) is 11.1 Å². The number of benzene rings is 2. The fraction of sp³-hybridized carbons (Fsp3) is 0.316. The van der Waals surface area contributed by atoms with Gasteiger partial charge in [-0.15, -0.1) is 0 Å². The molecule has 2 aromatic rings. The number of aryl methyl sites for hydroxylation is 1. The maximum atomic E-state index is 13.4. The third-order valence-electron chi connectivity index (χ3n) is 3.49. The number of rotatable bonds is 3. The Bertz CT molecular complexity index is 798. The van der Waals surface area contributed by atoms with Gasteiger partial charge in [0.1, 0.15) is 17.2 Å². The van der Waals surface area contributed by atoms with E-state index in [1.165, 1.54) is 19.2 Å². The third kappa shape index (κ3) is 4.62. The largest absolute Gasteiger partial charge is 0.496 e. The number of ether oxygens (including phenoxy) is 2. The minimum absolute atomic E-state index is 0.309. The van der Waals surface area contributed by atoms with Gasteiger partial charge in [-0.2, -0.15) is 0 Å². The van der Waals surface area contributed by atoms with E-state index in [0.29, 0.717) is 22.7 Å². The molecule has 134 valence electrons. The topological polar surface area (TPSA) is 73.6 Å². The number of carbonyl (C=O) groups excluding carboxylic acids is 1. The molecule has 0 spiro atoms. The zero-order valence-electron chi connectivity index (χ0n) is 15.1. The molecule has 0 atom stereocenters. The standard InChI is InChI=1S/C19H23FN2O3/c1-11-8-12(20)6-7-13(11)14-9-15(21)16(10-17(14)24-5)22-18(23)25-19(2,3)4/h6-10H,21H2,1-5H3,(H,22,23). The van der Waals surface area contributed by atoms with E-state index in [1.807, 2.05) is 0 Å². The highest BCUT2D eigenvalue weighted by Gasteiger charge is 2.19. The second-order valence-electron chi connectivity index (χ2n) is 6.73. The second-order valence-corrected chi connectivity index (χ2v) is 6.73. The fourth-order valence-corrected chi connectivity index (χ4v) is 2.43. The molecule has 0 bridgehead atoms. The van der Waals surface area contributed by atoms with Gasteiger partial charge >= 0.3 is 6.09 Å². The van der Waals surface area contributed by atoms with Crippen molar-refractivity contribution >= 4 is 17.5 Å². The quantitative estimate of drug-likeness (QED) is 0.787. The van der Waals surface area contributed by atoms with Crippen LogP contribution in [-0.4, -0.2) is 18.8 Å². The molecule has 0 aliphatic rings. The van der Waals surface area contributed by atoms with E-state index < -0.39 is 11.7 Å². The van der Waals surface area contributed by atoms with Crippen molar-refractivity contribution in [3.8, 4) is 16.9 Å². The minimum Gasteiger partial charge on any atom is -0.496 e.